The first-order chi connectivity index (χ1) is 14.2. The fraction of sp³-hybridized carbons (Fsp3) is 0.333. The summed E-state index contributed by atoms with van der Waals surface area (Å²) < 4.78 is 31.1. The molecule has 6 nitrogen and oxygen atoms in total. The topological polar surface area (TPSA) is 76.6 Å². The van der Waals surface area contributed by atoms with Gasteiger partial charge in [0.25, 0.3) is 5.91 Å². The molecule has 3 aromatic rings. The van der Waals surface area contributed by atoms with E-state index in [0.29, 0.717) is 23.3 Å². The number of carbonyl (C=O) groups is 1. The van der Waals surface area contributed by atoms with Crippen LogP contribution in [0.5, 0.6) is 0 Å². The average molecular weight is 465 g/mol. The fourth-order valence-electron chi connectivity index (χ4n) is 3.61. The number of thiazole rings is 1. The Morgan fingerprint density at radius 1 is 1.33 bits per heavy atom. The second-order valence-corrected chi connectivity index (χ2v) is 10.8. The number of nitrogens with zero attached hydrogens (tertiary/aromatic N) is 2. The van der Waals surface area contributed by atoms with Crippen LogP contribution in [0.25, 0.3) is 10.2 Å². The molecule has 1 amide bonds. The second kappa shape index (κ2) is 8.26. The molecule has 4 rings (SSSR count). The van der Waals surface area contributed by atoms with Gasteiger partial charge in [-0.2, -0.15) is 0 Å². The molecule has 1 aromatic heterocycles. The second-order valence-electron chi connectivity index (χ2n) is 7.38. The quantitative estimate of drug-likeness (QED) is 0.556. The van der Waals surface area contributed by atoms with Gasteiger partial charge in [0.05, 0.1) is 33.3 Å². The number of halogens is 1. The Balaban J connectivity index is 1.81. The first-order valence-electron chi connectivity index (χ1n) is 9.53. The van der Waals surface area contributed by atoms with Crippen LogP contribution in [0, 0.1) is 6.92 Å². The molecule has 30 heavy (non-hydrogen) atoms. The van der Waals surface area contributed by atoms with Crippen molar-refractivity contribution in [1.82, 2.24) is 4.98 Å². The molecule has 0 spiro atoms. The number of sulfone groups is 1. The number of carbonyl (C=O) groups excluding carboxylic acids is 1. The van der Waals surface area contributed by atoms with Gasteiger partial charge < -0.3 is 4.74 Å². The van der Waals surface area contributed by atoms with Gasteiger partial charge in [-0.1, -0.05) is 35.1 Å². The van der Waals surface area contributed by atoms with Crippen LogP contribution in [-0.2, 0) is 14.6 Å². The molecule has 0 bridgehead atoms. The van der Waals surface area contributed by atoms with Gasteiger partial charge >= 0.3 is 0 Å². The predicted molar refractivity (Wildman–Crippen MR) is 120 cm³/mol. The maximum Gasteiger partial charge on any atom is 0.261 e. The number of aromatic nitrogens is 1. The third kappa shape index (κ3) is 4.23. The summed E-state index contributed by atoms with van der Waals surface area (Å²) in [4.78, 5) is 19.8. The minimum atomic E-state index is -3.57. The predicted octanol–water partition coefficient (Wildman–Crippen LogP) is 4.49. The Hall–Kier alpha value is -2.00. The van der Waals surface area contributed by atoms with E-state index in [9.17, 15) is 13.2 Å². The number of hydrogen-bond acceptors (Lipinski definition) is 6. The van der Waals surface area contributed by atoms with E-state index in [-0.39, 0.29) is 16.6 Å². The van der Waals surface area contributed by atoms with Gasteiger partial charge in [-0.05, 0) is 49.6 Å². The lowest BCUT2D eigenvalue weighted by atomic mass is 10.1. The fourth-order valence-corrected chi connectivity index (χ4v) is 5.92. The maximum atomic E-state index is 13.6. The minimum absolute atomic E-state index is 0.00711. The van der Waals surface area contributed by atoms with Crippen LogP contribution in [0.3, 0.4) is 0 Å². The Labute approximate surface area is 184 Å². The summed E-state index contributed by atoms with van der Waals surface area (Å²) in [5.41, 5.74) is 1.83. The highest BCUT2D eigenvalue weighted by molar-refractivity contribution is 7.90. The Morgan fingerprint density at radius 3 is 2.80 bits per heavy atom. The number of anilines is 1. The number of rotatable bonds is 5. The Morgan fingerprint density at radius 2 is 2.10 bits per heavy atom. The van der Waals surface area contributed by atoms with Crippen LogP contribution < -0.4 is 4.90 Å². The summed E-state index contributed by atoms with van der Waals surface area (Å²) >= 11 is 7.55. The van der Waals surface area contributed by atoms with Gasteiger partial charge in [-0.3, -0.25) is 9.69 Å². The highest BCUT2D eigenvalue weighted by Gasteiger charge is 2.30. The van der Waals surface area contributed by atoms with Crippen molar-refractivity contribution in [2.24, 2.45) is 0 Å². The van der Waals surface area contributed by atoms with Crippen molar-refractivity contribution in [3.8, 4) is 0 Å². The number of hydrogen-bond donors (Lipinski definition) is 0. The molecule has 1 unspecified atom stereocenters. The van der Waals surface area contributed by atoms with Crippen molar-refractivity contribution in [3.05, 3.63) is 52.5 Å². The van der Waals surface area contributed by atoms with E-state index in [1.54, 1.807) is 12.1 Å². The van der Waals surface area contributed by atoms with Crippen LogP contribution >= 0.6 is 22.9 Å². The number of amides is 1. The minimum Gasteiger partial charge on any atom is -0.376 e. The monoisotopic (exact) mass is 464 g/mol. The first-order valence-corrected chi connectivity index (χ1v) is 12.6. The molecule has 0 radical (unpaired) electrons. The summed E-state index contributed by atoms with van der Waals surface area (Å²) in [6.45, 7) is 2.88. The van der Waals surface area contributed by atoms with E-state index < -0.39 is 15.7 Å². The lowest BCUT2D eigenvalue weighted by Crippen LogP contribution is -2.38. The molecule has 158 valence electrons. The zero-order chi connectivity index (χ0) is 21.5. The molecule has 0 N–H and O–H groups in total. The summed E-state index contributed by atoms with van der Waals surface area (Å²) in [6.07, 6.45) is 2.76. The molecule has 2 aromatic carbocycles. The molecule has 1 saturated heterocycles. The Kier molecular flexibility index (Phi) is 5.85. The highest BCUT2D eigenvalue weighted by Crippen LogP contribution is 2.34. The molecule has 0 saturated carbocycles. The summed E-state index contributed by atoms with van der Waals surface area (Å²) in [5, 5.41) is 1.11. The molecule has 1 aliphatic rings. The molecule has 1 fully saturated rings. The van der Waals surface area contributed by atoms with Crippen LogP contribution in [0.4, 0.5) is 5.13 Å². The number of benzene rings is 2. The van der Waals surface area contributed by atoms with Gasteiger partial charge in [0.2, 0.25) is 0 Å². The number of ether oxygens (including phenoxy) is 1. The smallest absolute Gasteiger partial charge is 0.261 e. The maximum absolute atomic E-state index is 13.6. The molecule has 9 heteroatoms. The molecule has 2 heterocycles. The van der Waals surface area contributed by atoms with Crippen molar-refractivity contribution in [3.63, 3.8) is 0 Å². The lowest BCUT2D eigenvalue weighted by molar-refractivity contribution is 0.0915. The van der Waals surface area contributed by atoms with E-state index in [0.717, 1.165) is 34.9 Å². The van der Waals surface area contributed by atoms with Crippen molar-refractivity contribution in [1.29, 1.82) is 0 Å². The first kappa shape index (κ1) is 21.2. The van der Waals surface area contributed by atoms with E-state index in [4.69, 9.17) is 21.3 Å². The third-order valence-corrected chi connectivity index (χ3v) is 7.44. The Bertz CT molecular complexity index is 1220. The summed E-state index contributed by atoms with van der Waals surface area (Å²) in [6, 6.07) is 9.92. The number of fused-ring (bicyclic) bond motifs is 1. The zero-order valence-electron chi connectivity index (χ0n) is 16.6. The number of aryl methyl sites for hydroxylation is 1. The van der Waals surface area contributed by atoms with Gasteiger partial charge in [-0.25, -0.2) is 13.4 Å². The normalized spacial score (nSPS) is 16.8. The molecule has 1 aliphatic heterocycles. The van der Waals surface area contributed by atoms with Crippen LogP contribution in [0.2, 0.25) is 5.02 Å². The van der Waals surface area contributed by atoms with Crippen molar-refractivity contribution in [2.75, 3.05) is 24.3 Å². The largest absolute Gasteiger partial charge is 0.376 e. The van der Waals surface area contributed by atoms with Gasteiger partial charge in [0, 0.05) is 17.9 Å². The average Bonchev–Trinajstić information content (AvgIpc) is 3.34. The van der Waals surface area contributed by atoms with Gasteiger partial charge in [0.1, 0.15) is 0 Å². The van der Waals surface area contributed by atoms with E-state index >= 15 is 0 Å². The van der Waals surface area contributed by atoms with Crippen LogP contribution in [0.15, 0.2) is 41.3 Å². The molecular formula is C21H21ClN2O4S2. The zero-order valence-corrected chi connectivity index (χ0v) is 19.0. The van der Waals surface area contributed by atoms with Crippen LogP contribution in [-0.4, -0.2) is 44.8 Å². The summed E-state index contributed by atoms with van der Waals surface area (Å²) in [5.74, 6) is -0.408. The van der Waals surface area contributed by atoms with E-state index in [2.05, 4.69) is 0 Å². The standard InChI is InChI=1S/C21H21ClN2O4S2/c1-13-10-14(22)11-17-19(13)23-21(29-17)24(12-15-6-5-9-28-15)20(25)16-7-3-4-8-18(16)30(2,26)27/h3-4,7-8,10-11,15H,5-6,9,12H2,1-2H3. The molecular weight excluding hydrogens is 444 g/mol. The van der Waals surface area contributed by atoms with Crippen LogP contribution in [0.1, 0.15) is 28.8 Å². The molecule has 1 atom stereocenters. The third-order valence-electron chi connectivity index (χ3n) is 5.04. The van der Waals surface area contributed by atoms with E-state index in [1.165, 1.54) is 28.4 Å². The SMILES string of the molecule is Cc1cc(Cl)cc2sc(N(CC3CCCO3)C(=O)c3ccccc3S(C)(=O)=O)nc12. The van der Waals surface area contributed by atoms with Crippen molar-refractivity contribution >= 4 is 54.0 Å². The van der Waals surface area contributed by atoms with Crippen molar-refractivity contribution in [2.45, 2.75) is 30.8 Å². The van der Waals surface area contributed by atoms with Gasteiger partial charge in [-0.15, -0.1) is 0 Å². The molecule has 0 aliphatic carbocycles. The van der Waals surface area contributed by atoms with Crippen molar-refractivity contribution < 1.29 is 17.9 Å². The lowest BCUT2D eigenvalue weighted by Gasteiger charge is -2.24. The summed E-state index contributed by atoms with van der Waals surface area (Å²) in [7, 11) is -3.57. The van der Waals surface area contributed by atoms with Gasteiger partial charge in [0.15, 0.2) is 15.0 Å². The highest BCUT2D eigenvalue weighted by atomic mass is 35.5. The van der Waals surface area contributed by atoms with E-state index in [1.807, 2.05) is 19.1 Å².